The van der Waals surface area contributed by atoms with Crippen molar-refractivity contribution in [1.82, 2.24) is 0 Å². The molecule has 1 aliphatic heterocycles. The first-order chi connectivity index (χ1) is 7.15. The summed E-state index contributed by atoms with van der Waals surface area (Å²) in [5, 5.41) is 9.43. The van der Waals surface area contributed by atoms with Crippen LogP contribution in [0.5, 0.6) is 0 Å². The number of alkyl halides is 1. The molecule has 15 heavy (non-hydrogen) atoms. The van der Waals surface area contributed by atoms with Gasteiger partial charge in [-0.05, 0) is 38.7 Å². The van der Waals surface area contributed by atoms with Gasteiger partial charge in [0.25, 0.3) is 0 Å². The van der Waals surface area contributed by atoms with Gasteiger partial charge in [0.15, 0.2) is 18.6 Å². The second kappa shape index (κ2) is 6.50. The highest BCUT2D eigenvalue weighted by Gasteiger charge is 2.47. The SMILES string of the molecule is OC1O[C@H](COS)[C@@H](F)[C@H](OS)[C@H]1OS. The maximum atomic E-state index is 13.7. The third-order valence-corrected chi connectivity index (χ3v) is 2.71. The average Bonchev–Trinajstić information content (AvgIpc) is 2.22. The molecular weight excluding hydrogens is 267 g/mol. The summed E-state index contributed by atoms with van der Waals surface area (Å²) in [6.45, 7) is -0.131. The lowest BCUT2D eigenvalue weighted by Crippen LogP contribution is -2.57. The fraction of sp³-hybridized carbons (Fsp3) is 1.00. The molecule has 1 aliphatic rings. The van der Waals surface area contributed by atoms with Crippen LogP contribution in [0.15, 0.2) is 0 Å². The molecule has 0 radical (unpaired) electrons. The van der Waals surface area contributed by atoms with Gasteiger partial charge in [-0.15, -0.1) is 0 Å². The summed E-state index contributed by atoms with van der Waals surface area (Å²) >= 11 is 10.5. The van der Waals surface area contributed by atoms with Gasteiger partial charge in [0.05, 0.1) is 6.61 Å². The summed E-state index contributed by atoms with van der Waals surface area (Å²) < 4.78 is 32.1. The van der Waals surface area contributed by atoms with Gasteiger partial charge in [-0.3, -0.25) is 0 Å². The van der Waals surface area contributed by atoms with E-state index in [2.05, 4.69) is 51.3 Å². The zero-order valence-electron chi connectivity index (χ0n) is 7.39. The number of thiol groups is 3. The van der Waals surface area contributed by atoms with Crippen molar-refractivity contribution in [2.45, 2.75) is 30.8 Å². The minimum absolute atomic E-state index is 0.131. The molecule has 1 fully saturated rings. The minimum Gasteiger partial charge on any atom is -0.366 e. The summed E-state index contributed by atoms with van der Waals surface area (Å²) in [7, 11) is 0. The average molecular weight is 278 g/mol. The van der Waals surface area contributed by atoms with E-state index in [1.165, 1.54) is 0 Å². The van der Waals surface area contributed by atoms with Crippen LogP contribution in [0.3, 0.4) is 0 Å². The molecule has 1 heterocycles. The van der Waals surface area contributed by atoms with Gasteiger partial charge >= 0.3 is 0 Å². The lowest BCUT2D eigenvalue weighted by molar-refractivity contribution is -0.257. The number of aliphatic hydroxyl groups is 1. The van der Waals surface area contributed by atoms with E-state index in [1.54, 1.807) is 0 Å². The Morgan fingerprint density at radius 1 is 1.20 bits per heavy atom. The number of hydrogen-bond donors (Lipinski definition) is 4. The van der Waals surface area contributed by atoms with Crippen LogP contribution in [-0.2, 0) is 17.3 Å². The Balaban J connectivity index is 2.70. The molecule has 0 amide bonds. The van der Waals surface area contributed by atoms with Gasteiger partial charge < -0.3 is 22.4 Å². The second-order valence-electron chi connectivity index (χ2n) is 2.95. The van der Waals surface area contributed by atoms with Crippen LogP contribution >= 0.6 is 38.7 Å². The Bertz CT molecular complexity index is 200. The van der Waals surface area contributed by atoms with Gasteiger partial charge in [0, 0.05) is 0 Å². The normalized spacial score (nSPS) is 41.8. The molecule has 1 saturated heterocycles. The Morgan fingerprint density at radius 3 is 2.27 bits per heavy atom. The third kappa shape index (κ3) is 3.13. The summed E-state index contributed by atoms with van der Waals surface area (Å²) in [6.07, 6.45) is -6.07. The first-order valence-corrected chi connectivity index (χ1v) is 5.09. The van der Waals surface area contributed by atoms with E-state index in [0.29, 0.717) is 0 Å². The molecule has 0 aromatic rings. The van der Waals surface area contributed by atoms with Crippen LogP contribution in [0.1, 0.15) is 0 Å². The number of aliphatic hydroxyl groups excluding tert-OH is 1. The van der Waals surface area contributed by atoms with Crippen LogP contribution in [0.25, 0.3) is 0 Å². The van der Waals surface area contributed by atoms with Gasteiger partial charge in [0.1, 0.15) is 12.2 Å². The lowest BCUT2D eigenvalue weighted by Gasteiger charge is -2.38. The molecule has 0 aromatic carbocycles. The Labute approximate surface area is 103 Å². The van der Waals surface area contributed by atoms with Crippen molar-refractivity contribution in [3.63, 3.8) is 0 Å². The van der Waals surface area contributed by atoms with Gasteiger partial charge in [-0.1, -0.05) is 0 Å². The smallest absolute Gasteiger partial charge is 0.185 e. The molecule has 0 aromatic heterocycles. The monoisotopic (exact) mass is 278 g/mol. The Kier molecular flexibility index (Phi) is 6.00. The number of hydrogen-bond acceptors (Lipinski definition) is 8. The van der Waals surface area contributed by atoms with Crippen molar-refractivity contribution in [2.75, 3.05) is 6.61 Å². The first-order valence-electron chi connectivity index (χ1n) is 4.00. The molecule has 1 N–H and O–H groups in total. The molecule has 1 rings (SSSR count). The van der Waals surface area contributed by atoms with E-state index < -0.39 is 30.8 Å². The van der Waals surface area contributed by atoms with Gasteiger partial charge in [0.2, 0.25) is 0 Å². The molecule has 9 heteroatoms. The van der Waals surface area contributed by atoms with Crippen molar-refractivity contribution >= 4 is 38.7 Å². The zero-order chi connectivity index (χ0) is 11.4. The fourth-order valence-corrected chi connectivity index (χ4v) is 1.93. The highest BCUT2D eigenvalue weighted by Crippen LogP contribution is 2.28. The van der Waals surface area contributed by atoms with Crippen molar-refractivity contribution < 1.29 is 26.8 Å². The van der Waals surface area contributed by atoms with Crippen molar-refractivity contribution in [2.24, 2.45) is 0 Å². The molecule has 5 atom stereocenters. The predicted octanol–water partition coefficient (Wildman–Crippen LogP) is 0.363. The summed E-state index contributed by atoms with van der Waals surface area (Å²) in [5.74, 6) is 0. The number of halogens is 1. The lowest BCUT2D eigenvalue weighted by atomic mass is 10.0. The second-order valence-corrected chi connectivity index (χ2v) is 3.63. The Hall–Kier alpha value is 0.780. The topological polar surface area (TPSA) is 57.2 Å². The maximum absolute atomic E-state index is 13.7. The molecule has 1 unspecified atom stereocenters. The summed E-state index contributed by atoms with van der Waals surface area (Å²) in [6, 6.07) is 0. The van der Waals surface area contributed by atoms with E-state index in [0.717, 1.165) is 0 Å². The summed E-state index contributed by atoms with van der Waals surface area (Å²) in [5.41, 5.74) is 0. The molecular formula is C6H11FO5S3. The van der Waals surface area contributed by atoms with E-state index in [9.17, 15) is 9.50 Å². The van der Waals surface area contributed by atoms with Crippen LogP contribution in [0, 0.1) is 0 Å². The van der Waals surface area contributed by atoms with Crippen LogP contribution in [-0.4, -0.2) is 42.5 Å². The third-order valence-electron chi connectivity index (χ3n) is 2.07. The largest absolute Gasteiger partial charge is 0.366 e. The van der Waals surface area contributed by atoms with Crippen LogP contribution in [0.4, 0.5) is 4.39 Å². The van der Waals surface area contributed by atoms with E-state index in [1.807, 2.05) is 0 Å². The number of ether oxygens (including phenoxy) is 1. The van der Waals surface area contributed by atoms with Crippen LogP contribution in [0.2, 0.25) is 0 Å². The standard InChI is InChI=1S/C6H11FO5S3/c7-3-2(1-9-13)10-6(8)5(12-15)4(3)11-14/h2-6,8,13-15H,1H2/t2-,3-,4+,5-,6?/m1/s1. The molecule has 0 saturated carbocycles. The van der Waals surface area contributed by atoms with Gasteiger partial charge in [-0.25, -0.2) is 4.39 Å². The quantitative estimate of drug-likeness (QED) is 0.442. The fourth-order valence-electron chi connectivity index (χ4n) is 1.32. The minimum atomic E-state index is -1.56. The van der Waals surface area contributed by atoms with E-state index >= 15 is 0 Å². The maximum Gasteiger partial charge on any atom is 0.185 e. The molecule has 90 valence electrons. The highest BCUT2D eigenvalue weighted by molar-refractivity contribution is 7.75. The van der Waals surface area contributed by atoms with Crippen LogP contribution < -0.4 is 0 Å². The van der Waals surface area contributed by atoms with E-state index in [-0.39, 0.29) is 6.61 Å². The highest BCUT2D eigenvalue weighted by atomic mass is 32.1. The molecule has 5 nitrogen and oxygen atoms in total. The van der Waals surface area contributed by atoms with Crippen molar-refractivity contribution in [1.29, 1.82) is 0 Å². The zero-order valence-corrected chi connectivity index (χ0v) is 10.1. The number of rotatable bonds is 4. The first kappa shape index (κ1) is 13.8. The molecule has 0 aliphatic carbocycles. The van der Waals surface area contributed by atoms with Gasteiger partial charge in [-0.2, -0.15) is 0 Å². The predicted molar refractivity (Wildman–Crippen MR) is 58.4 cm³/mol. The molecule has 0 spiro atoms. The molecule has 0 bridgehead atoms. The van der Waals surface area contributed by atoms with Crippen molar-refractivity contribution in [3.05, 3.63) is 0 Å². The summed E-state index contributed by atoms with van der Waals surface area (Å²) in [4.78, 5) is 0. The van der Waals surface area contributed by atoms with E-state index in [4.69, 9.17) is 4.74 Å². The van der Waals surface area contributed by atoms with Crippen molar-refractivity contribution in [3.8, 4) is 0 Å². The Morgan fingerprint density at radius 2 is 1.80 bits per heavy atom.